The molecule has 2 aromatic carbocycles. The Morgan fingerprint density at radius 1 is 1.21 bits per heavy atom. The Hall–Kier alpha value is -4.93. The predicted octanol–water partition coefficient (Wildman–Crippen LogP) is 3.99. The zero-order valence-corrected chi connectivity index (χ0v) is 19.9. The maximum absolute atomic E-state index is 14.3. The van der Waals surface area contributed by atoms with Gasteiger partial charge in [-0.15, -0.1) is 0 Å². The molecule has 0 bridgehead atoms. The van der Waals surface area contributed by atoms with Crippen LogP contribution in [0.1, 0.15) is 40.4 Å². The molecule has 0 saturated heterocycles. The van der Waals surface area contributed by atoms with Crippen LogP contribution in [0.15, 0.2) is 59.4 Å². The molecular weight excluding hydrogens is 497 g/mol. The SMILES string of the molecule is CC[C@@]1(OC(=O)c2ccccc2F)C(=O)OCc2c1cc1n(c2=O)Cc2cc3c([N+](=O)[O-])cccc3nc2-1. The second-order valence-corrected chi connectivity index (χ2v) is 9.04. The number of non-ortho nitro benzene ring substituents is 1. The molecule has 0 N–H and O–H groups in total. The molecule has 2 aliphatic rings. The number of nitro benzene ring substituents is 1. The number of ether oxygens (including phenoxy) is 2. The molecule has 0 amide bonds. The Labute approximate surface area is 213 Å². The lowest BCUT2D eigenvalue weighted by Crippen LogP contribution is -2.47. The summed E-state index contributed by atoms with van der Waals surface area (Å²) >= 11 is 0. The molecular formula is C27H18FN3O7. The summed E-state index contributed by atoms with van der Waals surface area (Å²) in [7, 11) is 0. The predicted molar refractivity (Wildman–Crippen MR) is 131 cm³/mol. The highest BCUT2D eigenvalue weighted by Crippen LogP contribution is 2.42. The number of benzene rings is 2. The van der Waals surface area contributed by atoms with Crippen LogP contribution in [-0.4, -0.2) is 26.4 Å². The summed E-state index contributed by atoms with van der Waals surface area (Å²) in [6.07, 6.45) is -0.0773. The van der Waals surface area contributed by atoms with Crippen LogP contribution in [0.2, 0.25) is 0 Å². The van der Waals surface area contributed by atoms with Crippen molar-refractivity contribution in [2.45, 2.75) is 32.1 Å². The summed E-state index contributed by atoms with van der Waals surface area (Å²) in [5, 5.41) is 11.9. The summed E-state index contributed by atoms with van der Waals surface area (Å²) in [4.78, 5) is 55.3. The van der Waals surface area contributed by atoms with E-state index in [1.165, 1.54) is 34.9 Å². The first-order valence-corrected chi connectivity index (χ1v) is 11.7. The van der Waals surface area contributed by atoms with E-state index in [2.05, 4.69) is 4.98 Å². The molecule has 1 atom stereocenters. The molecule has 6 rings (SSSR count). The second-order valence-electron chi connectivity index (χ2n) is 9.04. The van der Waals surface area contributed by atoms with E-state index in [1.54, 1.807) is 25.1 Å². The van der Waals surface area contributed by atoms with Gasteiger partial charge in [0.15, 0.2) is 0 Å². The van der Waals surface area contributed by atoms with E-state index in [9.17, 15) is 28.9 Å². The third kappa shape index (κ3) is 3.24. The molecule has 0 radical (unpaired) electrons. The lowest BCUT2D eigenvalue weighted by atomic mass is 9.85. The maximum Gasteiger partial charge on any atom is 0.355 e. The molecule has 190 valence electrons. The van der Waals surface area contributed by atoms with Gasteiger partial charge in [-0.1, -0.05) is 25.1 Å². The lowest BCUT2D eigenvalue weighted by Gasteiger charge is -2.35. The number of carbonyl (C=O) groups is 2. The highest BCUT2D eigenvalue weighted by molar-refractivity contribution is 5.94. The largest absolute Gasteiger partial charge is 0.457 e. The summed E-state index contributed by atoms with van der Waals surface area (Å²) in [5.74, 6) is -2.77. The zero-order valence-electron chi connectivity index (χ0n) is 19.9. The van der Waals surface area contributed by atoms with Crippen LogP contribution >= 0.6 is 0 Å². The van der Waals surface area contributed by atoms with E-state index in [0.717, 1.165) is 6.07 Å². The molecule has 4 aromatic rings. The Kier molecular flexibility index (Phi) is 5.13. The third-order valence-corrected chi connectivity index (χ3v) is 7.05. The van der Waals surface area contributed by atoms with Crippen molar-refractivity contribution in [2.75, 3.05) is 0 Å². The zero-order chi connectivity index (χ0) is 26.8. The molecule has 0 fully saturated rings. The van der Waals surface area contributed by atoms with Gasteiger partial charge in [-0.25, -0.2) is 19.0 Å². The van der Waals surface area contributed by atoms with Crippen molar-refractivity contribution in [2.24, 2.45) is 0 Å². The number of cyclic esters (lactones) is 1. The van der Waals surface area contributed by atoms with Crippen molar-refractivity contribution in [3.8, 4) is 11.4 Å². The van der Waals surface area contributed by atoms with E-state index in [-0.39, 0.29) is 42.0 Å². The Bertz CT molecular complexity index is 1780. The molecule has 2 aromatic heterocycles. The lowest BCUT2D eigenvalue weighted by molar-refractivity contribution is -0.383. The summed E-state index contributed by atoms with van der Waals surface area (Å²) in [6, 6.07) is 12.9. The average Bonchev–Trinajstić information content (AvgIpc) is 3.26. The van der Waals surface area contributed by atoms with Crippen molar-refractivity contribution >= 4 is 28.5 Å². The van der Waals surface area contributed by atoms with Crippen LogP contribution in [0.4, 0.5) is 10.1 Å². The molecule has 0 aliphatic carbocycles. The molecule has 11 heteroatoms. The fraction of sp³-hybridized carbons (Fsp3) is 0.185. The van der Waals surface area contributed by atoms with Crippen molar-refractivity contribution in [1.82, 2.24) is 9.55 Å². The number of pyridine rings is 2. The van der Waals surface area contributed by atoms with Crippen LogP contribution in [0, 0.1) is 15.9 Å². The quantitative estimate of drug-likeness (QED) is 0.200. The normalized spacial score (nSPS) is 17.4. The van der Waals surface area contributed by atoms with Crippen molar-refractivity contribution in [3.05, 3.63) is 103 Å². The van der Waals surface area contributed by atoms with Crippen LogP contribution in [0.5, 0.6) is 0 Å². The van der Waals surface area contributed by atoms with E-state index < -0.39 is 33.8 Å². The van der Waals surface area contributed by atoms with E-state index in [1.807, 2.05) is 0 Å². The highest BCUT2D eigenvalue weighted by Gasteiger charge is 2.50. The van der Waals surface area contributed by atoms with Gasteiger partial charge in [0.1, 0.15) is 12.4 Å². The number of fused-ring (bicyclic) bond motifs is 5. The van der Waals surface area contributed by atoms with Gasteiger partial charge in [0.25, 0.3) is 11.2 Å². The summed E-state index contributed by atoms with van der Waals surface area (Å²) in [6.45, 7) is 1.37. The van der Waals surface area contributed by atoms with E-state index in [0.29, 0.717) is 27.9 Å². The minimum Gasteiger partial charge on any atom is -0.457 e. The fourth-order valence-electron chi connectivity index (χ4n) is 5.14. The Morgan fingerprint density at radius 2 is 2.00 bits per heavy atom. The number of hydrogen-bond donors (Lipinski definition) is 0. The van der Waals surface area contributed by atoms with Gasteiger partial charge in [-0.2, -0.15) is 0 Å². The number of rotatable bonds is 4. The molecule has 0 saturated carbocycles. The van der Waals surface area contributed by atoms with E-state index in [4.69, 9.17) is 9.47 Å². The Balaban J connectivity index is 1.54. The van der Waals surface area contributed by atoms with Gasteiger partial charge in [0.05, 0.1) is 44.9 Å². The van der Waals surface area contributed by atoms with Crippen molar-refractivity contribution in [3.63, 3.8) is 0 Å². The number of aromatic nitrogens is 2. The minimum atomic E-state index is -1.99. The van der Waals surface area contributed by atoms with Crippen molar-refractivity contribution < 1.29 is 28.4 Å². The topological polar surface area (TPSA) is 131 Å². The highest BCUT2D eigenvalue weighted by atomic mass is 19.1. The number of carbonyl (C=O) groups excluding carboxylic acids is 2. The maximum atomic E-state index is 14.3. The van der Waals surface area contributed by atoms with Gasteiger partial charge in [0, 0.05) is 17.2 Å². The smallest absolute Gasteiger partial charge is 0.355 e. The Morgan fingerprint density at radius 3 is 2.74 bits per heavy atom. The van der Waals surface area contributed by atoms with E-state index >= 15 is 0 Å². The fourth-order valence-corrected chi connectivity index (χ4v) is 5.14. The molecule has 0 unspecified atom stereocenters. The standard InChI is InChI=1S/C27H18FN3O7/c1-2-27(38-25(33)15-6-3-4-7-19(15)28)18-11-22-23-14(12-30(22)24(32)17(18)13-37-26(27)34)10-16-20(29-23)8-5-9-21(16)31(35)36/h3-11H,2,12-13H2,1H3/t27-/m0/s1. The number of hydrogen-bond acceptors (Lipinski definition) is 8. The number of halogens is 1. The number of esters is 2. The van der Waals surface area contributed by atoms with Gasteiger partial charge in [0.2, 0.25) is 5.60 Å². The van der Waals surface area contributed by atoms with Crippen LogP contribution < -0.4 is 5.56 Å². The first kappa shape index (κ1) is 23.5. The van der Waals surface area contributed by atoms with Crippen molar-refractivity contribution in [1.29, 1.82) is 0 Å². The van der Waals surface area contributed by atoms with Gasteiger partial charge in [-0.3, -0.25) is 14.9 Å². The van der Waals surface area contributed by atoms with Crippen LogP contribution in [0.3, 0.4) is 0 Å². The van der Waals surface area contributed by atoms with Gasteiger partial charge in [-0.05, 0) is 36.8 Å². The molecule has 4 heterocycles. The minimum absolute atomic E-state index is 0.0773. The second kappa shape index (κ2) is 8.30. The van der Waals surface area contributed by atoms with Gasteiger partial charge < -0.3 is 14.0 Å². The summed E-state index contributed by atoms with van der Waals surface area (Å²) in [5.41, 5.74) is -0.920. The summed E-state index contributed by atoms with van der Waals surface area (Å²) < 4.78 is 26.7. The first-order valence-electron chi connectivity index (χ1n) is 11.7. The molecule has 0 spiro atoms. The number of nitro groups is 1. The first-order chi connectivity index (χ1) is 18.2. The molecule has 38 heavy (non-hydrogen) atoms. The van der Waals surface area contributed by atoms with Crippen LogP contribution in [0.25, 0.3) is 22.3 Å². The van der Waals surface area contributed by atoms with Crippen LogP contribution in [-0.2, 0) is 33.0 Å². The third-order valence-electron chi connectivity index (χ3n) is 7.05. The molecule has 2 aliphatic heterocycles. The molecule has 10 nitrogen and oxygen atoms in total. The monoisotopic (exact) mass is 515 g/mol. The average molecular weight is 515 g/mol. The number of nitrogens with zero attached hydrogens (tertiary/aromatic N) is 3. The van der Waals surface area contributed by atoms with Gasteiger partial charge >= 0.3 is 11.9 Å².